The van der Waals surface area contributed by atoms with Crippen LogP contribution in [0.2, 0.25) is 0 Å². The summed E-state index contributed by atoms with van der Waals surface area (Å²) in [6, 6.07) is 8.84. The second-order valence-electron chi connectivity index (χ2n) is 5.87. The van der Waals surface area contributed by atoms with E-state index in [9.17, 15) is 0 Å². The summed E-state index contributed by atoms with van der Waals surface area (Å²) < 4.78 is 6.06. The standard InChI is InChI=1S/C17H24N2O/c1-13-7-3-2-6-10-19(13)12-17-15(11-18)14-8-4-5-9-16(14)20-17/h4-5,8-9,13H,2-3,6-7,10-12,18H2,1H3. The highest BCUT2D eigenvalue weighted by atomic mass is 16.3. The summed E-state index contributed by atoms with van der Waals surface area (Å²) in [4.78, 5) is 2.55. The number of fused-ring (bicyclic) bond motifs is 1. The lowest BCUT2D eigenvalue weighted by Gasteiger charge is -2.26. The summed E-state index contributed by atoms with van der Waals surface area (Å²) >= 11 is 0. The van der Waals surface area contributed by atoms with Crippen LogP contribution in [0.15, 0.2) is 28.7 Å². The number of likely N-dealkylation sites (tertiary alicyclic amines) is 1. The first-order chi connectivity index (χ1) is 9.79. The molecular weight excluding hydrogens is 248 g/mol. The maximum absolute atomic E-state index is 6.06. The monoisotopic (exact) mass is 272 g/mol. The smallest absolute Gasteiger partial charge is 0.134 e. The summed E-state index contributed by atoms with van der Waals surface area (Å²) in [6.07, 6.45) is 5.28. The third-order valence-corrected chi connectivity index (χ3v) is 4.52. The maximum atomic E-state index is 6.06. The highest BCUT2D eigenvalue weighted by Gasteiger charge is 2.21. The van der Waals surface area contributed by atoms with Gasteiger partial charge in [0.25, 0.3) is 0 Å². The Kier molecular flexibility index (Phi) is 4.08. The van der Waals surface area contributed by atoms with Gasteiger partial charge in [0.1, 0.15) is 11.3 Å². The number of hydrogen-bond donors (Lipinski definition) is 1. The van der Waals surface area contributed by atoms with Crippen molar-refractivity contribution < 1.29 is 4.42 Å². The van der Waals surface area contributed by atoms with Crippen molar-refractivity contribution >= 4 is 11.0 Å². The zero-order valence-electron chi connectivity index (χ0n) is 12.3. The number of para-hydroxylation sites is 1. The minimum absolute atomic E-state index is 0.550. The third-order valence-electron chi connectivity index (χ3n) is 4.52. The zero-order valence-corrected chi connectivity index (χ0v) is 12.3. The summed E-state index contributed by atoms with van der Waals surface area (Å²) in [6.45, 7) is 4.94. The Hall–Kier alpha value is -1.32. The highest BCUT2D eigenvalue weighted by molar-refractivity contribution is 5.82. The van der Waals surface area contributed by atoms with Gasteiger partial charge in [-0.05, 0) is 32.4 Å². The Labute approximate surface area is 120 Å². The molecule has 1 aliphatic rings. The van der Waals surface area contributed by atoms with E-state index in [0.29, 0.717) is 12.6 Å². The van der Waals surface area contributed by atoms with Crippen LogP contribution >= 0.6 is 0 Å². The molecule has 0 bridgehead atoms. The van der Waals surface area contributed by atoms with Crippen molar-refractivity contribution in [3.05, 3.63) is 35.6 Å². The van der Waals surface area contributed by atoms with E-state index in [-0.39, 0.29) is 0 Å². The average Bonchev–Trinajstić information content (AvgIpc) is 2.69. The van der Waals surface area contributed by atoms with Crippen LogP contribution in [-0.4, -0.2) is 17.5 Å². The number of nitrogens with zero attached hydrogens (tertiary/aromatic N) is 1. The molecule has 1 saturated heterocycles. The number of hydrogen-bond acceptors (Lipinski definition) is 3. The van der Waals surface area contributed by atoms with Crippen molar-refractivity contribution in [1.29, 1.82) is 0 Å². The molecule has 1 aliphatic heterocycles. The van der Waals surface area contributed by atoms with Gasteiger partial charge in [-0.2, -0.15) is 0 Å². The number of rotatable bonds is 3. The van der Waals surface area contributed by atoms with E-state index in [1.807, 2.05) is 12.1 Å². The molecule has 0 spiro atoms. The molecule has 0 amide bonds. The molecule has 3 rings (SSSR count). The largest absolute Gasteiger partial charge is 0.459 e. The molecule has 0 saturated carbocycles. The fourth-order valence-electron chi connectivity index (χ4n) is 3.25. The van der Waals surface area contributed by atoms with Gasteiger partial charge >= 0.3 is 0 Å². The Morgan fingerprint density at radius 1 is 1.25 bits per heavy atom. The van der Waals surface area contributed by atoms with Gasteiger partial charge in [0.15, 0.2) is 0 Å². The average molecular weight is 272 g/mol. The van der Waals surface area contributed by atoms with Crippen LogP contribution in [0.4, 0.5) is 0 Å². The van der Waals surface area contributed by atoms with E-state index in [1.165, 1.54) is 43.2 Å². The maximum Gasteiger partial charge on any atom is 0.134 e. The minimum atomic E-state index is 0.550. The lowest BCUT2D eigenvalue weighted by atomic mass is 10.1. The molecule has 1 unspecified atom stereocenters. The first-order valence-electron chi connectivity index (χ1n) is 7.73. The molecule has 2 heterocycles. The quantitative estimate of drug-likeness (QED) is 0.927. The van der Waals surface area contributed by atoms with Crippen LogP contribution in [-0.2, 0) is 13.1 Å². The summed E-state index contributed by atoms with van der Waals surface area (Å²) in [5, 5.41) is 1.17. The molecule has 2 aromatic rings. The molecule has 1 fully saturated rings. The second kappa shape index (κ2) is 5.98. The fraction of sp³-hybridized carbons (Fsp3) is 0.529. The first-order valence-corrected chi connectivity index (χ1v) is 7.73. The van der Waals surface area contributed by atoms with Crippen LogP contribution in [0.3, 0.4) is 0 Å². The van der Waals surface area contributed by atoms with Crippen LogP contribution in [0.1, 0.15) is 43.9 Å². The van der Waals surface area contributed by atoms with Gasteiger partial charge in [0, 0.05) is 23.5 Å². The topological polar surface area (TPSA) is 42.4 Å². The lowest BCUT2D eigenvalue weighted by Crippen LogP contribution is -2.32. The first kappa shape index (κ1) is 13.7. The Morgan fingerprint density at radius 2 is 2.10 bits per heavy atom. The van der Waals surface area contributed by atoms with E-state index in [1.54, 1.807) is 0 Å². The van der Waals surface area contributed by atoms with Gasteiger partial charge in [0.2, 0.25) is 0 Å². The van der Waals surface area contributed by atoms with Crippen molar-refractivity contribution in [3.63, 3.8) is 0 Å². The predicted octanol–water partition coefficient (Wildman–Crippen LogP) is 3.66. The van der Waals surface area contributed by atoms with Crippen LogP contribution in [0, 0.1) is 0 Å². The number of benzene rings is 1. The molecular formula is C17H24N2O. The van der Waals surface area contributed by atoms with E-state index in [0.717, 1.165) is 17.9 Å². The molecule has 0 radical (unpaired) electrons. The number of furan rings is 1. The SMILES string of the molecule is CC1CCCCCN1Cc1oc2ccccc2c1CN. The van der Waals surface area contributed by atoms with Gasteiger partial charge in [0.05, 0.1) is 6.54 Å². The molecule has 1 aromatic heterocycles. The van der Waals surface area contributed by atoms with Gasteiger partial charge in [-0.3, -0.25) is 4.90 Å². The van der Waals surface area contributed by atoms with E-state index in [2.05, 4.69) is 24.0 Å². The molecule has 108 valence electrons. The van der Waals surface area contributed by atoms with Gasteiger partial charge in [-0.25, -0.2) is 0 Å². The molecule has 1 atom stereocenters. The molecule has 1 aromatic carbocycles. The lowest BCUT2D eigenvalue weighted by molar-refractivity contribution is 0.190. The number of nitrogens with two attached hydrogens (primary N) is 1. The molecule has 3 nitrogen and oxygen atoms in total. The Bertz CT molecular complexity index is 575. The summed E-state index contributed by atoms with van der Waals surface area (Å²) in [5.74, 6) is 1.06. The highest BCUT2D eigenvalue weighted by Crippen LogP contribution is 2.28. The molecule has 0 aliphatic carbocycles. The fourth-order valence-corrected chi connectivity index (χ4v) is 3.25. The van der Waals surface area contributed by atoms with E-state index >= 15 is 0 Å². The van der Waals surface area contributed by atoms with Crippen molar-refractivity contribution in [2.45, 2.75) is 51.7 Å². The Morgan fingerprint density at radius 3 is 2.95 bits per heavy atom. The zero-order chi connectivity index (χ0) is 13.9. The molecule has 2 N–H and O–H groups in total. The van der Waals surface area contributed by atoms with Gasteiger partial charge in [-0.15, -0.1) is 0 Å². The van der Waals surface area contributed by atoms with E-state index in [4.69, 9.17) is 10.2 Å². The molecule has 20 heavy (non-hydrogen) atoms. The van der Waals surface area contributed by atoms with Crippen LogP contribution < -0.4 is 5.73 Å². The summed E-state index contributed by atoms with van der Waals surface area (Å²) in [5.41, 5.74) is 8.09. The van der Waals surface area contributed by atoms with Gasteiger partial charge in [-0.1, -0.05) is 31.0 Å². The third kappa shape index (κ3) is 2.60. The van der Waals surface area contributed by atoms with Crippen molar-refractivity contribution in [2.24, 2.45) is 5.73 Å². The second-order valence-corrected chi connectivity index (χ2v) is 5.87. The van der Waals surface area contributed by atoms with Crippen LogP contribution in [0.25, 0.3) is 11.0 Å². The van der Waals surface area contributed by atoms with Crippen LogP contribution in [0.5, 0.6) is 0 Å². The molecule has 3 heteroatoms. The Balaban J connectivity index is 1.89. The summed E-state index contributed by atoms with van der Waals surface area (Å²) in [7, 11) is 0. The van der Waals surface area contributed by atoms with Gasteiger partial charge < -0.3 is 10.2 Å². The van der Waals surface area contributed by atoms with E-state index < -0.39 is 0 Å². The van der Waals surface area contributed by atoms with Crippen molar-refractivity contribution in [1.82, 2.24) is 4.90 Å². The normalized spacial score (nSPS) is 21.2. The predicted molar refractivity (Wildman–Crippen MR) is 82.4 cm³/mol. The van der Waals surface area contributed by atoms with Crippen molar-refractivity contribution in [2.75, 3.05) is 6.54 Å². The van der Waals surface area contributed by atoms with Crippen molar-refractivity contribution in [3.8, 4) is 0 Å². The minimum Gasteiger partial charge on any atom is -0.459 e.